The summed E-state index contributed by atoms with van der Waals surface area (Å²) in [7, 11) is 1.69. The number of para-hydroxylation sites is 1. The van der Waals surface area contributed by atoms with Gasteiger partial charge in [-0.1, -0.05) is 30.3 Å². The van der Waals surface area contributed by atoms with E-state index in [4.69, 9.17) is 15.5 Å². The quantitative estimate of drug-likeness (QED) is 0.355. The van der Waals surface area contributed by atoms with Gasteiger partial charge in [0.25, 0.3) is 0 Å². The average molecular weight is 474 g/mol. The molecule has 1 aliphatic heterocycles. The van der Waals surface area contributed by atoms with E-state index < -0.39 is 0 Å². The lowest BCUT2D eigenvalue weighted by atomic mass is 10.0. The van der Waals surface area contributed by atoms with Crippen LogP contribution in [-0.4, -0.2) is 47.2 Å². The molecule has 5 rings (SSSR count). The van der Waals surface area contributed by atoms with Crippen molar-refractivity contribution < 1.29 is 9.13 Å². The van der Waals surface area contributed by atoms with Gasteiger partial charge in [-0.05, 0) is 66.8 Å². The van der Waals surface area contributed by atoms with Gasteiger partial charge in [0.05, 0.1) is 30.4 Å². The van der Waals surface area contributed by atoms with Crippen LogP contribution in [0.25, 0.3) is 11.0 Å². The smallest absolute Gasteiger partial charge is 0.204 e. The average Bonchev–Trinajstić information content (AvgIpc) is 3.23. The monoisotopic (exact) mass is 473 g/mol. The van der Waals surface area contributed by atoms with Gasteiger partial charge < -0.3 is 25.3 Å². The van der Waals surface area contributed by atoms with E-state index >= 15 is 0 Å². The summed E-state index contributed by atoms with van der Waals surface area (Å²) in [5, 5.41) is 3.69. The van der Waals surface area contributed by atoms with E-state index in [0.717, 1.165) is 67.2 Å². The molecule has 35 heavy (non-hydrogen) atoms. The lowest BCUT2D eigenvalue weighted by Crippen LogP contribution is -2.40. The molecule has 0 saturated carbocycles. The SMILES string of the molecule is COc1ccc(CCN2CCC(Nc3nc4cccc(N)c4n3Cc3ccc(F)cc3)CC2)cc1. The number of nitrogens with one attached hydrogen (secondary N) is 1. The van der Waals surface area contributed by atoms with Gasteiger partial charge in [-0.2, -0.15) is 0 Å². The number of methoxy groups -OCH3 is 1. The molecule has 4 aromatic rings. The summed E-state index contributed by atoms with van der Waals surface area (Å²) in [5.41, 5.74) is 11.1. The Labute approximate surface area is 205 Å². The molecule has 0 spiro atoms. The Kier molecular flexibility index (Phi) is 6.86. The second-order valence-electron chi connectivity index (χ2n) is 9.22. The number of imidazole rings is 1. The Bertz CT molecular complexity index is 1260. The molecule has 3 aromatic carbocycles. The normalized spacial score (nSPS) is 14.9. The van der Waals surface area contributed by atoms with Gasteiger partial charge in [0.15, 0.2) is 0 Å². The third-order valence-electron chi connectivity index (χ3n) is 6.85. The number of nitrogens with zero attached hydrogens (tertiary/aromatic N) is 3. The highest BCUT2D eigenvalue weighted by Gasteiger charge is 2.22. The van der Waals surface area contributed by atoms with E-state index in [1.54, 1.807) is 7.11 Å². The highest BCUT2D eigenvalue weighted by atomic mass is 19.1. The topological polar surface area (TPSA) is 68.3 Å². The molecular formula is C28H32FN5O. The number of ether oxygens (including phenoxy) is 1. The van der Waals surface area contributed by atoms with Gasteiger partial charge in [-0.3, -0.25) is 0 Å². The van der Waals surface area contributed by atoms with E-state index in [2.05, 4.69) is 26.9 Å². The van der Waals surface area contributed by atoms with Crippen LogP contribution < -0.4 is 15.8 Å². The van der Waals surface area contributed by atoms with E-state index in [0.29, 0.717) is 18.3 Å². The number of rotatable bonds is 8. The molecule has 0 unspecified atom stereocenters. The van der Waals surface area contributed by atoms with Crippen molar-refractivity contribution in [1.82, 2.24) is 14.5 Å². The molecule has 1 saturated heterocycles. The number of aromatic nitrogens is 2. The number of anilines is 2. The number of halogens is 1. The first-order valence-corrected chi connectivity index (χ1v) is 12.2. The Morgan fingerprint density at radius 2 is 1.71 bits per heavy atom. The van der Waals surface area contributed by atoms with E-state index in [-0.39, 0.29) is 5.82 Å². The second-order valence-corrected chi connectivity index (χ2v) is 9.22. The summed E-state index contributed by atoms with van der Waals surface area (Å²) in [5.74, 6) is 1.48. The Morgan fingerprint density at radius 3 is 2.43 bits per heavy atom. The van der Waals surface area contributed by atoms with Gasteiger partial charge in [0.2, 0.25) is 5.95 Å². The van der Waals surface area contributed by atoms with E-state index in [1.807, 2.05) is 42.5 Å². The largest absolute Gasteiger partial charge is 0.497 e. The molecule has 182 valence electrons. The van der Waals surface area contributed by atoms with Crippen molar-refractivity contribution in [3.8, 4) is 5.75 Å². The number of piperidine rings is 1. The molecule has 0 bridgehead atoms. The van der Waals surface area contributed by atoms with Crippen molar-refractivity contribution in [2.45, 2.75) is 31.8 Å². The summed E-state index contributed by atoms with van der Waals surface area (Å²) < 4.78 is 20.8. The maximum atomic E-state index is 13.4. The molecule has 0 atom stereocenters. The van der Waals surface area contributed by atoms with Crippen molar-refractivity contribution in [2.75, 3.05) is 37.8 Å². The van der Waals surface area contributed by atoms with Gasteiger partial charge in [0, 0.05) is 25.7 Å². The molecule has 1 fully saturated rings. The molecule has 3 N–H and O–H groups in total. The fourth-order valence-corrected chi connectivity index (χ4v) is 4.81. The third-order valence-corrected chi connectivity index (χ3v) is 6.85. The van der Waals surface area contributed by atoms with Gasteiger partial charge in [-0.15, -0.1) is 0 Å². The summed E-state index contributed by atoms with van der Waals surface area (Å²) in [6.45, 7) is 3.73. The summed E-state index contributed by atoms with van der Waals surface area (Å²) in [4.78, 5) is 7.39. The first-order chi connectivity index (χ1) is 17.1. The number of likely N-dealkylation sites (tertiary alicyclic amines) is 1. The molecular weight excluding hydrogens is 441 g/mol. The van der Waals surface area contributed by atoms with Crippen LogP contribution in [-0.2, 0) is 13.0 Å². The number of nitrogens with two attached hydrogens (primary N) is 1. The van der Waals surface area contributed by atoms with Crippen LogP contribution in [0.1, 0.15) is 24.0 Å². The van der Waals surface area contributed by atoms with Crippen LogP contribution in [0.15, 0.2) is 66.7 Å². The molecule has 0 aliphatic carbocycles. The van der Waals surface area contributed by atoms with Crippen LogP contribution in [0.3, 0.4) is 0 Å². The highest BCUT2D eigenvalue weighted by molar-refractivity contribution is 5.89. The molecule has 1 aliphatic rings. The maximum Gasteiger partial charge on any atom is 0.204 e. The van der Waals surface area contributed by atoms with Gasteiger partial charge >= 0.3 is 0 Å². The number of fused-ring (bicyclic) bond motifs is 1. The minimum Gasteiger partial charge on any atom is -0.497 e. The zero-order valence-electron chi connectivity index (χ0n) is 20.1. The molecule has 1 aromatic heterocycles. The minimum absolute atomic E-state index is 0.235. The Morgan fingerprint density at radius 1 is 1.00 bits per heavy atom. The van der Waals surface area contributed by atoms with Crippen molar-refractivity contribution in [3.63, 3.8) is 0 Å². The zero-order valence-corrected chi connectivity index (χ0v) is 20.1. The van der Waals surface area contributed by atoms with Gasteiger partial charge in [-0.25, -0.2) is 9.37 Å². The Balaban J connectivity index is 1.24. The van der Waals surface area contributed by atoms with Crippen LogP contribution in [0.5, 0.6) is 5.75 Å². The van der Waals surface area contributed by atoms with Crippen molar-refractivity contribution in [2.24, 2.45) is 0 Å². The number of hydrogen-bond donors (Lipinski definition) is 2. The van der Waals surface area contributed by atoms with E-state index in [1.165, 1.54) is 17.7 Å². The first kappa shape index (κ1) is 23.2. The van der Waals surface area contributed by atoms with Crippen molar-refractivity contribution in [1.29, 1.82) is 0 Å². The van der Waals surface area contributed by atoms with Crippen LogP contribution in [0.2, 0.25) is 0 Å². The third kappa shape index (κ3) is 5.41. The lowest BCUT2D eigenvalue weighted by molar-refractivity contribution is 0.221. The molecule has 6 nitrogen and oxygen atoms in total. The maximum absolute atomic E-state index is 13.4. The molecule has 7 heteroatoms. The van der Waals surface area contributed by atoms with Crippen LogP contribution >= 0.6 is 0 Å². The fraction of sp³-hybridized carbons (Fsp3) is 0.321. The predicted molar refractivity (Wildman–Crippen MR) is 139 cm³/mol. The standard InChI is InChI=1S/C28H32FN5O/c1-35-24-11-7-20(8-12-24)13-16-33-17-14-23(15-18-33)31-28-32-26-4-2-3-25(30)27(26)34(28)19-21-5-9-22(29)10-6-21/h2-12,23H,13-19,30H2,1H3,(H,31,32). The van der Waals surface area contributed by atoms with E-state index in [9.17, 15) is 4.39 Å². The van der Waals surface area contributed by atoms with Crippen molar-refractivity contribution in [3.05, 3.63) is 83.7 Å². The Hall–Kier alpha value is -3.58. The van der Waals surface area contributed by atoms with Crippen molar-refractivity contribution >= 4 is 22.7 Å². The summed E-state index contributed by atoms with van der Waals surface area (Å²) >= 11 is 0. The predicted octanol–water partition coefficient (Wildman–Crippen LogP) is 4.93. The fourth-order valence-electron chi connectivity index (χ4n) is 4.81. The van der Waals surface area contributed by atoms with Gasteiger partial charge in [0.1, 0.15) is 11.6 Å². The highest BCUT2D eigenvalue weighted by Crippen LogP contribution is 2.28. The molecule has 0 amide bonds. The van der Waals surface area contributed by atoms with Crippen LogP contribution in [0, 0.1) is 5.82 Å². The van der Waals surface area contributed by atoms with Crippen LogP contribution in [0.4, 0.5) is 16.0 Å². The summed E-state index contributed by atoms with van der Waals surface area (Å²) in [6.07, 6.45) is 3.14. The minimum atomic E-state index is -0.235. The summed E-state index contributed by atoms with van der Waals surface area (Å²) in [6, 6.07) is 21.1. The first-order valence-electron chi connectivity index (χ1n) is 12.2. The number of nitrogen functional groups attached to an aromatic ring is 1. The molecule has 0 radical (unpaired) electrons. The second kappa shape index (κ2) is 10.4. The zero-order chi connectivity index (χ0) is 24.2. The number of hydrogen-bond acceptors (Lipinski definition) is 5. The number of benzene rings is 3. The molecule has 2 heterocycles. The lowest BCUT2D eigenvalue weighted by Gasteiger charge is -2.32.